The van der Waals surface area contributed by atoms with Gasteiger partial charge < -0.3 is 14.2 Å². The fourth-order valence-corrected chi connectivity index (χ4v) is 6.69. The standard InChI is InChI=1S/C52H90O6/c1-4-7-10-13-16-19-22-24-26-28-30-33-36-39-42-45-51(54)57-48-49(47-56-50(53)44-41-38-35-32-21-18-15-12-9-6-3)58-52(55)46-43-40-37-34-31-29-27-25-23-20-17-14-11-8-5-2/h7,10,16,19,24,26,30,33,39,42,49H,4-6,8-9,11-15,17-18,20-23,25,27-29,31-32,34-38,40-41,43-48H2,1-3H3/b10-7-,19-16-,26-24-,33-30-,42-39-. The Labute approximate surface area is 358 Å². The smallest absolute Gasteiger partial charge is 0.309 e. The van der Waals surface area contributed by atoms with Crippen LogP contribution in [0.25, 0.3) is 0 Å². The quantitative estimate of drug-likeness (QED) is 0.0264. The molecule has 0 N–H and O–H groups in total. The van der Waals surface area contributed by atoms with E-state index in [1.807, 2.05) is 6.08 Å². The van der Waals surface area contributed by atoms with Gasteiger partial charge in [0.2, 0.25) is 0 Å². The topological polar surface area (TPSA) is 78.9 Å². The van der Waals surface area contributed by atoms with Crippen molar-refractivity contribution in [2.75, 3.05) is 13.2 Å². The molecule has 1 atom stereocenters. The molecule has 0 radical (unpaired) electrons. The van der Waals surface area contributed by atoms with Crippen molar-refractivity contribution in [2.24, 2.45) is 0 Å². The Morgan fingerprint density at radius 2 is 0.672 bits per heavy atom. The summed E-state index contributed by atoms with van der Waals surface area (Å²) < 4.78 is 16.6. The summed E-state index contributed by atoms with van der Waals surface area (Å²) in [4.78, 5) is 37.7. The second kappa shape index (κ2) is 46.8. The monoisotopic (exact) mass is 811 g/mol. The summed E-state index contributed by atoms with van der Waals surface area (Å²) in [5.74, 6) is -1.03. The number of unbranched alkanes of at least 4 members (excludes halogenated alkanes) is 23. The van der Waals surface area contributed by atoms with Crippen LogP contribution in [-0.2, 0) is 28.6 Å². The van der Waals surface area contributed by atoms with Crippen molar-refractivity contribution in [1.29, 1.82) is 0 Å². The fraction of sp³-hybridized carbons (Fsp3) is 0.750. The number of rotatable bonds is 43. The minimum absolute atomic E-state index is 0.101. The highest BCUT2D eigenvalue weighted by Crippen LogP contribution is 2.15. The lowest BCUT2D eigenvalue weighted by atomic mass is 10.0. The number of esters is 3. The SMILES string of the molecule is CC/C=C\C/C=C\C/C=C\C/C=C\C/C=C\CC(=O)OCC(COC(=O)CCCCCCCCCCCC)OC(=O)CCCCCCCCCCCCCCCCC. The van der Waals surface area contributed by atoms with Gasteiger partial charge in [0.05, 0.1) is 6.42 Å². The summed E-state index contributed by atoms with van der Waals surface area (Å²) in [6.07, 6.45) is 56.6. The number of carbonyl (C=O) groups is 3. The van der Waals surface area contributed by atoms with Crippen LogP contribution in [0.15, 0.2) is 60.8 Å². The van der Waals surface area contributed by atoms with E-state index in [2.05, 4.69) is 69.4 Å². The second-order valence-corrected chi connectivity index (χ2v) is 16.0. The van der Waals surface area contributed by atoms with Crippen LogP contribution >= 0.6 is 0 Å². The molecular formula is C52H90O6. The molecule has 0 spiro atoms. The lowest BCUT2D eigenvalue weighted by Crippen LogP contribution is -2.30. The Kier molecular flexibility index (Phi) is 44.5. The third-order valence-corrected chi connectivity index (χ3v) is 10.3. The van der Waals surface area contributed by atoms with Gasteiger partial charge in [-0.15, -0.1) is 0 Å². The summed E-state index contributed by atoms with van der Waals surface area (Å²) in [6, 6.07) is 0. The van der Waals surface area contributed by atoms with Gasteiger partial charge in [-0.2, -0.15) is 0 Å². The minimum atomic E-state index is -0.808. The molecule has 0 bridgehead atoms. The Morgan fingerprint density at radius 3 is 1.05 bits per heavy atom. The lowest BCUT2D eigenvalue weighted by molar-refractivity contribution is -0.166. The van der Waals surface area contributed by atoms with E-state index in [1.165, 1.54) is 122 Å². The van der Waals surface area contributed by atoms with Crippen molar-refractivity contribution in [3.8, 4) is 0 Å². The summed E-state index contributed by atoms with van der Waals surface area (Å²) in [7, 11) is 0. The van der Waals surface area contributed by atoms with Gasteiger partial charge in [-0.25, -0.2) is 0 Å². The summed E-state index contributed by atoms with van der Waals surface area (Å²) in [6.45, 7) is 6.42. The molecule has 0 heterocycles. The first-order chi connectivity index (χ1) is 28.5. The number of ether oxygens (including phenoxy) is 3. The lowest BCUT2D eigenvalue weighted by Gasteiger charge is -2.18. The van der Waals surface area contributed by atoms with Gasteiger partial charge in [0, 0.05) is 12.8 Å². The number of hydrogen-bond donors (Lipinski definition) is 0. The zero-order chi connectivity index (χ0) is 42.3. The van der Waals surface area contributed by atoms with Crippen LogP contribution in [0.3, 0.4) is 0 Å². The molecule has 1 unspecified atom stereocenters. The predicted octanol–water partition coefficient (Wildman–Crippen LogP) is 15.7. The molecule has 0 aromatic carbocycles. The van der Waals surface area contributed by atoms with Gasteiger partial charge in [0.25, 0.3) is 0 Å². The van der Waals surface area contributed by atoms with E-state index < -0.39 is 12.1 Å². The molecular weight excluding hydrogens is 721 g/mol. The van der Waals surface area contributed by atoms with E-state index in [1.54, 1.807) is 6.08 Å². The van der Waals surface area contributed by atoms with E-state index in [4.69, 9.17) is 14.2 Å². The molecule has 58 heavy (non-hydrogen) atoms. The minimum Gasteiger partial charge on any atom is -0.462 e. The summed E-state index contributed by atoms with van der Waals surface area (Å²) >= 11 is 0. The molecule has 334 valence electrons. The molecule has 6 nitrogen and oxygen atoms in total. The maximum atomic E-state index is 12.7. The third kappa shape index (κ3) is 44.2. The Balaban J connectivity index is 4.47. The van der Waals surface area contributed by atoms with Gasteiger partial charge in [0.1, 0.15) is 13.2 Å². The Hall–Kier alpha value is -2.89. The second-order valence-electron chi connectivity index (χ2n) is 16.0. The molecule has 0 aromatic rings. The van der Waals surface area contributed by atoms with Gasteiger partial charge in [-0.1, -0.05) is 229 Å². The Bertz CT molecular complexity index is 1070. The van der Waals surface area contributed by atoms with E-state index in [0.717, 1.165) is 70.6 Å². The highest BCUT2D eigenvalue weighted by atomic mass is 16.6. The molecule has 0 aliphatic rings. The first kappa shape index (κ1) is 55.1. The van der Waals surface area contributed by atoms with Crippen LogP contribution in [-0.4, -0.2) is 37.2 Å². The number of allylic oxidation sites excluding steroid dienone is 9. The van der Waals surface area contributed by atoms with Crippen molar-refractivity contribution >= 4 is 17.9 Å². The molecule has 0 fully saturated rings. The van der Waals surface area contributed by atoms with E-state index in [-0.39, 0.29) is 31.6 Å². The molecule has 0 amide bonds. The van der Waals surface area contributed by atoms with Crippen LogP contribution in [0, 0.1) is 0 Å². The average molecular weight is 811 g/mol. The highest BCUT2D eigenvalue weighted by molar-refractivity contribution is 5.72. The van der Waals surface area contributed by atoms with Gasteiger partial charge >= 0.3 is 17.9 Å². The van der Waals surface area contributed by atoms with Crippen molar-refractivity contribution < 1.29 is 28.6 Å². The maximum absolute atomic E-state index is 12.7. The van der Waals surface area contributed by atoms with Crippen LogP contribution in [0.2, 0.25) is 0 Å². The van der Waals surface area contributed by atoms with E-state index in [0.29, 0.717) is 12.8 Å². The molecule has 0 aliphatic heterocycles. The summed E-state index contributed by atoms with van der Waals surface area (Å²) in [5, 5.41) is 0. The number of hydrogen-bond acceptors (Lipinski definition) is 6. The van der Waals surface area contributed by atoms with E-state index >= 15 is 0 Å². The zero-order valence-electron chi connectivity index (χ0n) is 38.0. The zero-order valence-corrected chi connectivity index (χ0v) is 38.0. The predicted molar refractivity (Wildman–Crippen MR) is 247 cm³/mol. The van der Waals surface area contributed by atoms with Crippen LogP contribution < -0.4 is 0 Å². The average Bonchev–Trinajstić information content (AvgIpc) is 3.22. The number of carbonyl (C=O) groups excluding carboxylic acids is 3. The highest BCUT2D eigenvalue weighted by Gasteiger charge is 2.19. The van der Waals surface area contributed by atoms with Crippen LogP contribution in [0.4, 0.5) is 0 Å². The molecule has 0 aromatic heterocycles. The fourth-order valence-electron chi connectivity index (χ4n) is 6.69. The van der Waals surface area contributed by atoms with E-state index in [9.17, 15) is 14.4 Å². The largest absolute Gasteiger partial charge is 0.462 e. The molecule has 0 saturated carbocycles. The molecule has 6 heteroatoms. The van der Waals surface area contributed by atoms with Crippen LogP contribution in [0.5, 0.6) is 0 Å². The molecule has 0 saturated heterocycles. The molecule has 0 aliphatic carbocycles. The normalized spacial score (nSPS) is 12.5. The van der Waals surface area contributed by atoms with Gasteiger partial charge in [0.15, 0.2) is 6.10 Å². The van der Waals surface area contributed by atoms with Gasteiger partial charge in [-0.05, 0) is 44.9 Å². The van der Waals surface area contributed by atoms with Crippen molar-refractivity contribution in [3.63, 3.8) is 0 Å². The first-order valence-electron chi connectivity index (χ1n) is 24.3. The van der Waals surface area contributed by atoms with Crippen molar-refractivity contribution in [3.05, 3.63) is 60.8 Å². The van der Waals surface area contributed by atoms with Crippen LogP contribution in [0.1, 0.15) is 233 Å². The third-order valence-electron chi connectivity index (χ3n) is 10.3. The maximum Gasteiger partial charge on any atom is 0.309 e. The molecule has 0 rings (SSSR count). The van der Waals surface area contributed by atoms with Crippen molar-refractivity contribution in [2.45, 2.75) is 239 Å². The summed E-state index contributed by atoms with van der Waals surface area (Å²) in [5.41, 5.74) is 0. The van der Waals surface area contributed by atoms with Crippen molar-refractivity contribution in [1.82, 2.24) is 0 Å². The van der Waals surface area contributed by atoms with Gasteiger partial charge in [-0.3, -0.25) is 14.4 Å². The first-order valence-corrected chi connectivity index (χ1v) is 24.3. The Morgan fingerprint density at radius 1 is 0.362 bits per heavy atom.